The molecule has 76 valence electrons. The highest BCUT2D eigenvalue weighted by atomic mass is 19.1. The first-order chi connectivity index (χ1) is 6.79. The second-order valence-electron chi connectivity index (χ2n) is 2.92. The Hall–Kier alpha value is -1.38. The Kier molecular flexibility index (Phi) is 4.11. The van der Waals surface area contributed by atoms with Gasteiger partial charge in [0, 0.05) is 12.1 Å². The van der Waals surface area contributed by atoms with Gasteiger partial charge in [-0.15, -0.1) is 0 Å². The summed E-state index contributed by atoms with van der Waals surface area (Å²) in [7, 11) is 0. The van der Waals surface area contributed by atoms with Gasteiger partial charge in [-0.25, -0.2) is 4.39 Å². The first-order valence-electron chi connectivity index (χ1n) is 4.71. The zero-order valence-electron chi connectivity index (χ0n) is 8.24. The molecule has 14 heavy (non-hydrogen) atoms. The smallest absolute Gasteiger partial charge is 0.226 e. The highest BCUT2D eigenvalue weighted by Gasteiger charge is 2.12. The average Bonchev–Trinajstić information content (AvgIpc) is 2.26. The van der Waals surface area contributed by atoms with Crippen molar-refractivity contribution < 1.29 is 9.18 Å². The number of benzene rings is 1. The van der Waals surface area contributed by atoms with Crippen molar-refractivity contribution in [3.8, 4) is 0 Å². The molecule has 0 aliphatic rings. The van der Waals surface area contributed by atoms with E-state index in [2.05, 4.69) is 0 Å². The lowest BCUT2D eigenvalue weighted by Crippen LogP contribution is -2.32. The highest BCUT2D eigenvalue weighted by Crippen LogP contribution is 2.13. The lowest BCUT2D eigenvalue weighted by molar-refractivity contribution is -0.118. The summed E-state index contributed by atoms with van der Waals surface area (Å²) in [5.74, 6) is -0.0474. The van der Waals surface area contributed by atoms with Gasteiger partial charge in [0.2, 0.25) is 5.91 Å². The fourth-order valence-corrected chi connectivity index (χ4v) is 1.28. The molecule has 1 aromatic carbocycles. The van der Waals surface area contributed by atoms with Crippen LogP contribution in [0.1, 0.15) is 13.3 Å². The third kappa shape index (κ3) is 2.55. The summed E-state index contributed by atoms with van der Waals surface area (Å²) >= 11 is 0. The summed E-state index contributed by atoms with van der Waals surface area (Å²) < 4.78 is 12.2. The van der Waals surface area contributed by atoms with Gasteiger partial charge >= 0.3 is 0 Å². The second-order valence-corrected chi connectivity index (χ2v) is 2.92. The maximum Gasteiger partial charge on any atom is 0.226 e. The van der Waals surface area contributed by atoms with Crippen LogP contribution in [0.25, 0.3) is 0 Å². The van der Waals surface area contributed by atoms with Crippen molar-refractivity contribution in [2.45, 2.75) is 13.3 Å². The molecule has 3 heteroatoms. The molecule has 1 aromatic rings. The van der Waals surface area contributed by atoms with Crippen LogP contribution in [0.3, 0.4) is 0 Å². The van der Waals surface area contributed by atoms with E-state index >= 15 is 0 Å². The molecule has 2 nitrogen and oxygen atoms in total. The minimum absolute atomic E-state index is 0.0474. The number of hydrogen-bond acceptors (Lipinski definition) is 1. The summed E-state index contributed by atoms with van der Waals surface area (Å²) in [6.07, 6.45) is 0.398. The number of para-hydroxylation sites is 1. The van der Waals surface area contributed by atoms with Crippen molar-refractivity contribution in [1.29, 1.82) is 0 Å². The van der Waals surface area contributed by atoms with Gasteiger partial charge in [0.25, 0.3) is 0 Å². The van der Waals surface area contributed by atoms with E-state index < -0.39 is 6.67 Å². The maximum atomic E-state index is 12.2. The zero-order chi connectivity index (χ0) is 10.4. The van der Waals surface area contributed by atoms with Gasteiger partial charge in [0.05, 0.1) is 6.54 Å². The normalized spacial score (nSPS) is 9.86. The number of carbonyl (C=O) groups excluding carboxylic acids is 1. The third-order valence-electron chi connectivity index (χ3n) is 1.98. The summed E-state index contributed by atoms with van der Waals surface area (Å²) in [6, 6.07) is 9.16. The van der Waals surface area contributed by atoms with Gasteiger partial charge < -0.3 is 4.90 Å². The summed E-state index contributed by atoms with van der Waals surface area (Å²) in [6.45, 7) is 1.40. The lowest BCUT2D eigenvalue weighted by Gasteiger charge is -2.20. The molecule has 0 aliphatic heterocycles. The fraction of sp³-hybridized carbons (Fsp3) is 0.364. The van der Waals surface area contributed by atoms with E-state index in [0.29, 0.717) is 6.42 Å². The molecule has 1 rings (SSSR count). The number of anilines is 1. The van der Waals surface area contributed by atoms with Crippen LogP contribution in [0.2, 0.25) is 0 Å². The van der Waals surface area contributed by atoms with E-state index in [1.165, 1.54) is 4.90 Å². The van der Waals surface area contributed by atoms with Crippen LogP contribution < -0.4 is 4.90 Å². The third-order valence-corrected chi connectivity index (χ3v) is 1.98. The first-order valence-corrected chi connectivity index (χ1v) is 4.71. The Morgan fingerprint density at radius 3 is 2.50 bits per heavy atom. The number of alkyl halides is 1. The quantitative estimate of drug-likeness (QED) is 0.722. The Labute approximate surface area is 83.3 Å². The average molecular weight is 195 g/mol. The Morgan fingerprint density at radius 1 is 1.36 bits per heavy atom. The van der Waals surface area contributed by atoms with Crippen LogP contribution in [-0.4, -0.2) is 19.1 Å². The molecular formula is C11H14FNO. The molecular weight excluding hydrogens is 181 g/mol. The van der Waals surface area contributed by atoms with Crippen molar-refractivity contribution in [3.63, 3.8) is 0 Å². The van der Waals surface area contributed by atoms with Crippen LogP contribution in [0.15, 0.2) is 30.3 Å². The molecule has 1 amide bonds. The first kappa shape index (κ1) is 10.7. The van der Waals surface area contributed by atoms with Gasteiger partial charge in [-0.2, -0.15) is 0 Å². The molecule has 0 aromatic heterocycles. The number of carbonyl (C=O) groups is 1. The fourth-order valence-electron chi connectivity index (χ4n) is 1.28. The molecule has 0 fully saturated rings. The van der Waals surface area contributed by atoms with E-state index in [1.807, 2.05) is 30.3 Å². The van der Waals surface area contributed by atoms with E-state index in [9.17, 15) is 9.18 Å². The lowest BCUT2D eigenvalue weighted by atomic mass is 10.2. The topological polar surface area (TPSA) is 20.3 Å². The molecule has 0 bridgehead atoms. The SMILES string of the molecule is CCC(=O)N(CCF)c1ccccc1. The molecule has 0 saturated heterocycles. The monoisotopic (exact) mass is 195 g/mol. The van der Waals surface area contributed by atoms with Gasteiger partial charge in [-0.1, -0.05) is 25.1 Å². The minimum Gasteiger partial charge on any atom is -0.310 e. The van der Waals surface area contributed by atoms with Crippen molar-refractivity contribution in [3.05, 3.63) is 30.3 Å². The molecule has 0 unspecified atom stereocenters. The van der Waals surface area contributed by atoms with Crippen LogP contribution in [-0.2, 0) is 4.79 Å². The van der Waals surface area contributed by atoms with Crippen LogP contribution >= 0.6 is 0 Å². The minimum atomic E-state index is -0.513. The number of amides is 1. The van der Waals surface area contributed by atoms with Crippen molar-refractivity contribution in [1.82, 2.24) is 0 Å². The molecule has 0 N–H and O–H groups in total. The number of nitrogens with zero attached hydrogens (tertiary/aromatic N) is 1. The van der Waals surface area contributed by atoms with Crippen molar-refractivity contribution >= 4 is 11.6 Å². The Bertz CT molecular complexity index is 287. The molecule has 0 atom stereocenters. The van der Waals surface area contributed by atoms with Crippen molar-refractivity contribution in [2.75, 3.05) is 18.1 Å². The molecule has 0 saturated carbocycles. The van der Waals surface area contributed by atoms with Gasteiger partial charge in [0.1, 0.15) is 6.67 Å². The summed E-state index contributed by atoms with van der Waals surface area (Å²) in [5, 5.41) is 0. The van der Waals surface area contributed by atoms with E-state index in [4.69, 9.17) is 0 Å². The maximum absolute atomic E-state index is 12.2. The zero-order valence-corrected chi connectivity index (χ0v) is 8.24. The van der Waals surface area contributed by atoms with Gasteiger partial charge in [-0.3, -0.25) is 4.79 Å². The standard InChI is InChI=1S/C11H14FNO/c1-2-11(14)13(9-8-12)10-6-4-3-5-7-10/h3-7H,2,8-9H2,1H3. The number of rotatable bonds is 4. The summed E-state index contributed by atoms with van der Waals surface area (Å²) in [5.41, 5.74) is 0.761. The predicted molar refractivity (Wildman–Crippen MR) is 55.1 cm³/mol. The summed E-state index contributed by atoms with van der Waals surface area (Å²) in [4.78, 5) is 12.9. The number of hydrogen-bond donors (Lipinski definition) is 0. The van der Waals surface area contributed by atoms with E-state index in [-0.39, 0.29) is 12.5 Å². The van der Waals surface area contributed by atoms with Crippen molar-refractivity contribution in [2.24, 2.45) is 0 Å². The second kappa shape index (κ2) is 5.37. The van der Waals surface area contributed by atoms with Crippen LogP contribution in [0, 0.1) is 0 Å². The van der Waals surface area contributed by atoms with Gasteiger partial charge in [-0.05, 0) is 12.1 Å². The van der Waals surface area contributed by atoms with Crippen LogP contribution in [0.4, 0.5) is 10.1 Å². The Morgan fingerprint density at radius 2 is 2.00 bits per heavy atom. The van der Waals surface area contributed by atoms with E-state index in [1.54, 1.807) is 6.92 Å². The molecule has 0 spiro atoms. The Balaban J connectivity index is 2.83. The molecule has 0 radical (unpaired) electrons. The van der Waals surface area contributed by atoms with E-state index in [0.717, 1.165) is 5.69 Å². The van der Waals surface area contributed by atoms with Crippen LogP contribution in [0.5, 0.6) is 0 Å². The number of halogens is 1. The highest BCUT2D eigenvalue weighted by molar-refractivity contribution is 5.93. The van der Waals surface area contributed by atoms with Gasteiger partial charge in [0.15, 0.2) is 0 Å². The predicted octanol–water partition coefficient (Wildman–Crippen LogP) is 2.40. The largest absolute Gasteiger partial charge is 0.310 e. The molecule has 0 aliphatic carbocycles. The molecule has 0 heterocycles.